The van der Waals surface area contributed by atoms with Crippen molar-refractivity contribution in [2.45, 2.75) is 43.8 Å². The molecule has 1 saturated heterocycles. The number of nitrogens with one attached hydrogen (secondary N) is 1. The number of hydrogen-bond donors (Lipinski definition) is 4. The smallest absolute Gasteiger partial charge is 0.241 e. The van der Waals surface area contributed by atoms with Crippen LogP contribution >= 0.6 is 0 Å². The standard InChI is InChI=1S/C12H22N6O2/c13-10(19)8-6-18(7-3-4-7)9(11(20)17-8)2-1-5-16-12(14)15/h7-9H,1-6H2,(H2,13,19)(H,17,20)(H4,14,15,16)/t8-,9-/m1/s1. The Labute approximate surface area is 117 Å². The minimum Gasteiger partial charge on any atom is -0.370 e. The van der Waals surface area contributed by atoms with Gasteiger partial charge < -0.3 is 22.5 Å². The predicted molar refractivity (Wildman–Crippen MR) is 74.6 cm³/mol. The summed E-state index contributed by atoms with van der Waals surface area (Å²) in [6.45, 7) is 1.00. The van der Waals surface area contributed by atoms with Crippen molar-refractivity contribution in [3.8, 4) is 0 Å². The second kappa shape index (κ2) is 6.08. The molecular weight excluding hydrogens is 260 g/mol. The van der Waals surface area contributed by atoms with E-state index in [2.05, 4.69) is 15.2 Å². The van der Waals surface area contributed by atoms with E-state index in [1.54, 1.807) is 0 Å². The van der Waals surface area contributed by atoms with Crippen molar-refractivity contribution in [3.05, 3.63) is 0 Å². The van der Waals surface area contributed by atoms with Gasteiger partial charge in [-0.25, -0.2) is 0 Å². The van der Waals surface area contributed by atoms with Crippen LogP contribution in [-0.4, -0.2) is 53.9 Å². The molecule has 2 atom stereocenters. The zero-order valence-electron chi connectivity index (χ0n) is 11.4. The third kappa shape index (κ3) is 3.60. The van der Waals surface area contributed by atoms with Crippen molar-refractivity contribution in [3.63, 3.8) is 0 Å². The Morgan fingerprint density at radius 2 is 2.05 bits per heavy atom. The molecule has 112 valence electrons. The summed E-state index contributed by atoms with van der Waals surface area (Å²) >= 11 is 0. The van der Waals surface area contributed by atoms with Gasteiger partial charge in [-0.2, -0.15) is 0 Å². The number of carbonyl (C=O) groups is 2. The van der Waals surface area contributed by atoms with Gasteiger partial charge in [0.15, 0.2) is 5.96 Å². The minimum atomic E-state index is -0.586. The Kier molecular flexibility index (Phi) is 4.43. The van der Waals surface area contributed by atoms with E-state index in [9.17, 15) is 9.59 Å². The van der Waals surface area contributed by atoms with Crippen LogP contribution < -0.4 is 22.5 Å². The summed E-state index contributed by atoms with van der Waals surface area (Å²) in [5.74, 6) is -0.550. The number of carbonyl (C=O) groups excluding carboxylic acids is 2. The molecule has 2 aliphatic rings. The molecule has 7 N–H and O–H groups in total. The number of nitrogens with zero attached hydrogens (tertiary/aromatic N) is 2. The van der Waals surface area contributed by atoms with Gasteiger partial charge >= 0.3 is 0 Å². The Hall–Kier alpha value is -1.83. The van der Waals surface area contributed by atoms with E-state index in [0.29, 0.717) is 25.6 Å². The molecule has 1 heterocycles. The Morgan fingerprint density at radius 1 is 1.35 bits per heavy atom. The molecule has 2 fully saturated rings. The number of guanidine groups is 1. The van der Waals surface area contributed by atoms with Gasteiger partial charge in [-0.1, -0.05) is 0 Å². The summed E-state index contributed by atoms with van der Waals surface area (Å²) in [5.41, 5.74) is 15.8. The van der Waals surface area contributed by atoms with Gasteiger partial charge in [0, 0.05) is 19.1 Å². The highest BCUT2D eigenvalue weighted by Crippen LogP contribution is 2.31. The third-order valence-corrected chi connectivity index (χ3v) is 3.70. The molecule has 0 aromatic heterocycles. The molecule has 1 aliphatic heterocycles. The number of piperazine rings is 1. The van der Waals surface area contributed by atoms with Gasteiger partial charge in [-0.15, -0.1) is 0 Å². The Morgan fingerprint density at radius 3 is 2.60 bits per heavy atom. The summed E-state index contributed by atoms with van der Waals surface area (Å²) in [6, 6.07) is -0.402. The second-order valence-corrected chi connectivity index (χ2v) is 5.36. The van der Waals surface area contributed by atoms with Crippen LogP contribution in [-0.2, 0) is 9.59 Å². The molecule has 2 rings (SSSR count). The maximum Gasteiger partial charge on any atom is 0.241 e. The quantitative estimate of drug-likeness (QED) is 0.250. The van der Waals surface area contributed by atoms with E-state index in [0.717, 1.165) is 19.3 Å². The topological polar surface area (TPSA) is 140 Å². The molecule has 20 heavy (non-hydrogen) atoms. The van der Waals surface area contributed by atoms with E-state index >= 15 is 0 Å². The molecule has 8 heteroatoms. The number of nitrogens with two attached hydrogens (primary N) is 3. The lowest BCUT2D eigenvalue weighted by atomic mass is 10.0. The van der Waals surface area contributed by atoms with E-state index in [1.165, 1.54) is 0 Å². The van der Waals surface area contributed by atoms with Gasteiger partial charge in [0.2, 0.25) is 11.8 Å². The van der Waals surface area contributed by atoms with Crippen LogP contribution in [0, 0.1) is 0 Å². The number of aliphatic imine (C=N–C) groups is 1. The lowest BCUT2D eigenvalue weighted by molar-refractivity contribution is -0.136. The Balaban J connectivity index is 1.93. The fourth-order valence-corrected chi connectivity index (χ4v) is 2.56. The summed E-state index contributed by atoms with van der Waals surface area (Å²) in [4.78, 5) is 29.4. The highest BCUT2D eigenvalue weighted by Gasteiger charge is 2.43. The summed E-state index contributed by atoms with van der Waals surface area (Å²) in [5, 5.41) is 2.69. The van der Waals surface area contributed by atoms with Crippen molar-refractivity contribution in [1.29, 1.82) is 0 Å². The number of hydrogen-bond acceptors (Lipinski definition) is 4. The summed E-state index contributed by atoms with van der Waals surface area (Å²) < 4.78 is 0. The van der Waals surface area contributed by atoms with Crippen LogP contribution in [0.4, 0.5) is 0 Å². The van der Waals surface area contributed by atoms with Crippen molar-refractivity contribution in [1.82, 2.24) is 10.2 Å². The molecular formula is C12H22N6O2. The fourth-order valence-electron chi connectivity index (χ4n) is 2.56. The van der Waals surface area contributed by atoms with Crippen molar-refractivity contribution >= 4 is 17.8 Å². The van der Waals surface area contributed by atoms with Crippen LogP contribution in [0.25, 0.3) is 0 Å². The fraction of sp³-hybridized carbons (Fsp3) is 0.750. The molecule has 0 aromatic rings. The van der Waals surface area contributed by atoms with Crippen LogP contribution in [0.3, 0.4) is 0 Å². The monoisotopic (exact) mass is 282 g/mol. The van der Waals surface area contributed by atoms with E-state index in [-0.39, 0.29) is 17.9 Å². The third-order valence-electron chi connectivity index (χ3n) is 3.70. The van der Waals surface area contributed by atoms with Gasteiger partial charge in [-0.3, -0.25) is 19.5 Å². The zero-order valence-corrected chi connectivity index (χ0v) is 11.4. The summed E-state index contributed by atoms with van der Waals surface area (Å²) in [6.07, 6.45) is 3.54. The van der Waals surface area contributed by atoms with Gasteiger partial charge in [0.05, 0.1) is 6.04 Å². The number of primary amides is 1. The highest BCUT2D eigenvalue weighted by molar-refractivity contribution is 5.90. The first kappa shape index (κ1) is 14.6. The largest absolute Gasteiger partial charge is 0.370 e. The van der Waals surface area contributed by atoms with Gasteiger partial charge in [0.1, 0.15) is 6.04 Å². The minimum absolute atomic E-state index is 0.0611. The molecule has 1 aliphatic carbocycles. The molecule has 0 unspecified atom stereocenters. The normalized spacial score (nSPS) is 26.9. The average molecular weight is 282 g/mol. The number of rotatable bonds is 6. The maximum atomic E-state index is 12.1. The van der Waals surface area contributed by atoms with Crippen molar-refractivity contribution in [2.75, 3.05) is 13.1 Å². The molecule has 8 nitrogen and oxygen atoms in total. The number of amides is 2. The predicted octanol–water partition coefficient (Wildman–Crippen LogP) is -2.14. The molecule has 1 saturated carbocycles. The first-order valence-electron chi connectivity index (χ1n) is 6.90. The van der Waals surface area contributed by atoms with Crippen molar-refractivity contribution in [2.24, 2.45) is 22.2 Å². The first-order valence-corrected chi connectivity index (χ1v) is 6.90. The van der Waals surface area contributed by atoms with Crippen molar-refractivity contribution < 1.29 is 9.59 Å². The maximum absolute atomic E-state index is 12.1. The average Bonchev–Trinajstić information content (AvgIpc) is 3.19. The SMILES string of the molecule is NC(=O)[C@H]1CN(C2CC2)[C@H](CCCN=C(N)N)C(=O)N1. The molecule has 0 aromatic carbocycles. The highest BCUT2D eigenvalue weighted by atomic mass is 16.2. The lowest BCUT2D eigenvalue weighted by Crippen LogP contribution is -2.63. The van der Waals surface area contributed by atoms with Crippen LogP contribution in [0.1, 0.15) is 25.7 Å². The van der Waals surface area contributed by atoms with Crippen LogP contribution in [0.2, 0.25) is 0 Å². The Bertz CT molecular complexity index is 416. The van der Waals surface area contributed by atoms with E-state index in [4.69, 9.17) is 17.2 Å². The van der Waals surface area contributed by atoms with E-state index in [1.807, 2.05) is 0 Å². The van der Waals surface area contributed by atoms with Crippen LogP contribution in [0.5, 0.6) is 0 Å². The second-order valence-electron chi connectivity index (χ2n) is 5.36. The molecule has 0 radical (unpaired) electrons. The summed E-state index contributed by atoms with van der Waals surface area (Å²) in [7, 11) is 0. The van der Waals surface area contributed by atoms with E-state index < -0.39 is 11.9 Å². The molecule has 0 bridgehead atoms. The van der Waals surface area contributed by atoms with Crippen LogP contribution in [0.15, 0.2) is 4.99 Å². The molecule has 2 amide bonds. The first-order chi connectivity index (χ1) is 9.49. The zero-order chi connectivity index (χ0) is 14.7. The van der Waals surface area contributed by atoms with Gasteiger partial charge in [0.25, 0.3) is 0 Å². The lowest BCUT2D eigenvalue weighted by Gasteiger charge is -2.38. The molecule has 0 spiro atoms. The van der Waals surface area contributed by atoms with Gasteiger partial charge in [-0.05, 0) is 25.7 Å².